The molecule has 0 bridgehead atoms. The van der Waals surface area contributed by atoms with Crippen LogP contribution in [0.2, 0.25) is 0 Å². The number of rotatable bonds is 10. The van der Waals surface area contributed by atoms with Crippen LogP contribution in [0, 0.1) is 0 Å². The van der Waals surface area contributed by atoms with Crippen molar-refractivity contribution in [3.8, 4) is 11.5 Å². The third-order valence-corrected chi connectivity index (χ3v) is 6.87. The molecule has 0 saturated heterocycles. The number of hydrogen-bond acceptors (Lipinski definition) is 7. The van der Waals surface area contributed by atoms with Gasteiger partial charge in [-0.25, -0.2) is 14.4 Å². The molecule has 0 amide bonds. The van der Waals surface area contributed by atoms with Crippen molar-refractivity contribution in [1.82, 2.24) is 0 Å². The lowest BCUT2D eigenvalue weighted by molar-refractivity contribution is -0.133. The molecule has 0 radical (unpaired) electrons. The monoisotopic (exact) mass is 660 g/mol. The van der Waals surface area contributed by atoms with E-state index >= 15 is 0 Å². The predicted molar refractivity (Wildman–Crippen MR) is 190 cm³/mol. The molecule has 0 aliphatic heterocycles. The van der Waals surface area contributed by atoms with Gasteiger partial charge in [-0.3, -0.25) is 9.59 Å². The Morgan fingerprint density at radius 2 is 0.796 bits per heavy atom. The maximum atomic E-state index is 12.0. The number of ether oxygens (including phenoxy) is 2. The molecule has 8 nitrogen and oxygen atoms in total. The van der Waals surface area contributed by atoms with Crippen LogP contribution < -0.4 is 9.47 Å². The number of ketones is 2. The van der Waals surface area contributed by atoms with Crippen LogP contribution in [0.5, 0.6) is 11.5 Å². The van der Waals surface area contributed by atoms with E-state index in [2.05, 4.69) is 19.7 Å². The van der Waals surface area contributed by atoms with Gasteiger partial charge in [-0.15, -0.1) is 0 Å². The second-order valence-electron chi connectivity index (χ2n) is 11.4. The zero-order chi connectivity index (χ0) is 36.7. The summed E-state index contributed by atoms with van der Waals surface area (Å²) in [4.78, 5) is 57.2. The number of para-hydroxylation sites is 2. The quantitative estimate of drug-likeness (QED) is 0.0592. The molecular weight excluding hydrogens is 620 g/mol. The van der Waals surface area contributed by atoms with Crippen molar-refractivity contribution in [3.05, 3.63) is 168 Å². The molecule has 8 heteroatoms. The van der Waals surface area contributed by atoms with Gasteiger partial charge in [0, 0.05) is 44.4 Å². The van der Waals surface area contributed by atoms with Gasteiger partial charge in [0.25, 0.3) is 0 Å². The molecule has 0 atom stereocenters. The number of aliphatic carboxylic acids is 1. The molecule has 4 aromatic carbocycles. The molecule has 4 rings (SSSR count). The number of Topliss-reactive ketones (excluding diaryl/α,β-unsaturated/α-hetero) is 2. The van der Waals surface area contributed by atoms with Crippen LogP contribution >= 0.6 is 0 Å². The molecule has 4 aromatic rings. The molecule has 0 heterocycles. The summed E-state index contributed by atoms with van der Waals surface area (Å²) in [6, 6.07) is 31.7. The lowest BCUT2D eigenvalue weighted by Crippen LogP contribution is -2.23. The van der Waals surface area contributed by atoms with Crippen LogP contribution in [0.4, 0.5) is 0 Å². The number of hydrogen-bond donors (Lipinski definition) is 1. The van der Waals surface area contributed by atoms with Crippen molar-refractivity contribution in [3.63, 3.8) is 0 Å². The fourth-order valence-electron chi connectivity index (χ4n) is 4.10. The lowest BCUT2D eigenvalue weighted by atomic mass is 9.77. The molecule has 252 valence electrons. The fraction of sp³-hybridized carbons (Fsp3) is 0.146. The van der Waals surface area contributed by atoms with Gasteiger partial charge < -0.3 is 14.6 Å². The van der Waals surface area contributed by atoms with E-state index in [9.17, 15) is 24.0 Å². The van der Waals surface area contributed by atoms with Crippen molar-refractivity contribution in [2.75, 3.05) is 0 Å². The number of carbonyl (C=O) groups excluding carboxylic acids is 4. The fourth-order valence-corrected chi connectivity index (χ4v) is 4.10. The molecular formula is C41H40O8. The summed E-state index contributed by atoms with van der Waals surface area (Å²) >= 11 is 0. The molecule has 0 spiro atoms. The first-order valence-electron chi connectivity index (χ1n) is 15.1. The summed E-state index contributed by atoms with van der Waals surface area (Å²) in [6.45, 7) is 19.0. The van der Waals surface area contributed by atoms with Gasteiger partial charge in [0.2, 0.25) is 11.6 Å². The minimum absolute atomic E-state index is 0.176. The molecule has 0 aliphatic rings. The van der Waals surface area contributed by atoms with Crippen LogP contribution in [0.25, 0.3) is 0 Å². The lowest BCUT2D eigenvalue weighted by Gasteiger charge is -2.29. The van der Waals surface area contributed by atoms with Gasteiger partial charge in [-0.2, -0.15) is 0 Å². The van der Waals surface area contributed by atoms with Crippen LogP contribution in [0.1, 0.15) is 66.5 Å². The van der Waals surface area contributed by atoms with Crippen molar-refractivity contribution in [1.29, 1.82) is 0 Å². The molecule has 0 saturated carbocycles. The molecule has 0 aliphatic carbocycles. The first kappa shape index (κ1) is 39.0. The Hall–Kier alpha value is -6.15. The van der Waals surface area contributed by atoms with Crippen molar-refractivity contribution < 1.29 is 38.6 Å². The van der Waals surface area contributed by atoms with E-state index in [0.717, 1.165) is 11.1 Å². The molecule has 49 heavy (non-hydrogen) atoms. The van der Waals surface area contributed by atoms with E-state index in [-0.39, 0.29) is 5.57 Å². The van der Waals surface area contributed by atoms with E-state index in [1.807, 2.05) is 50.2 Å². The highest BCUT2D eigenvalue weighted by Gasteiger charge is 2.31. The smallest absolute Gasteiger partial charge is 0.338 e. The van der Waals surface area contributed by atoms with Gasteiger partial charge >= 0.3 is 17.9 Å². The van der Waals surface area contributed by atoms with Crippen LogP contribution in [-0.4, -0.2) is 34.6 Å². The van der Waals surface area contributed by atoms with E-state index in [1.54, 1.807) is 86.6 Å². The average Bonchev–Trinajstić information content (AvgIpc) is 3.09. The highest BCUT2D eigenvalue weighted by molar-refractivity contribution is 6.49. The SMILES string of the molecule is C=C(C)C(=O)O.C=C(C)C(=O)Oc1ccccc1C(C)(C)c1ccccc1OC(=O)C(=C)C.O=C(C(=O)c1ccccc1)c1ccccc1. The number of esters is 2. The van der Waals surface area contributed by atoms with Crippen LogP contribution in [0.15, 0.2) is 146 Å². The molecule has 0 fully saturated rings. The largest absolute Gasteiger partial charge is 0.478 e. The van der Waals surface area contributed by atoms with Crippen molar-refractivity contribution >= 4 is 29.5 Å². The molecule has 1 N–H and O–H groups in total. The Bertz CT molecular complexity index is 1720. The maximum Gasteiger partial charge on any atom is 0.338 e. The van der Waals surface area contributed by atoms with E-state index < -0.39 is 34.9 Å². The number of carbonyl (C=O) groups is 5. The minimum Gasteiger partial charge on any atom is -0.478 e. The summed E-state index contributed by atoms with van der Waals surface area (Å²) in [5.41, 5.74) is 2.65. The van der Waals surface area contributed by atoms with Crippen molar-refractivity contribution in [2.45, 2.75) is 40.0 Å². The first-order valence-corrected chi connectivity index (χ1v) is 15.1. The first-order chi connectivity index (χ1) is 23.1. The van der Waals surface area contributed by atoms with Gasteiger partial charge in [0.15, 0.2) is 0 Å². The standard InChI is InChI=1S/C23H24O4.C14H10O2.C4H6O2/c1-15(2)21(24)26-19-13-9-7-11-17(19)23(5,6)18-12-8-10-14-20(18)27-22(25)16(3)4;15-13(11-7-3-1-4-8-11)14(16)12-9-5-2-6-10-12;1-3(2)4(5)6/h7-14H,1,3H2,2,4-6H3;1-10H;1H2,2H3,(H,5,6). The van der Waals surface area contributed by atoms with Crippen molar-refractivity contribution in [2.24, 2.45) is 0 Å². The van der Waals surface area contributed by atoms with Gasteiger partial charge in [-0.1, -0.05) is 131 Å². The minimum atomic E-state index is -0.935. The average molecular weight is 661 g/mol. The summed E-state index contributed by atoms with van der Waals surface area (Å²) < 4.78 is 11.0. The highest BCUT2D eigenvalue weighted by atomic mass is 16.5. The molecule has 0 unspecified atom stereocenters. The second-order valence-corrected chi connectivity index (χ2v) is 11.4. The Morgan fingerprint density at radius 1 is 0.510 bits per heavy atom. The molecule has 0 aromatic heterocycles. The summed E-state index contributed by atoms with van der Waals surface area (Å²) in [6.07, 6.45) is 0. The zero-order valence-electron chi connectivity index (χ0n) is 28.3. The van der Waals surface area contributed by atoms with Crippen LogP contribution in [0.3, 0.4) is 0 Å². The van der Waals surface area contributed by atoms with Gasteiger partial charge in [0.05, 0.1) is 0 Å². The Kier molecular flexibility index (Phi) is 14.5. The zero-order valence-corrected chi connectivity index (χ0v) is 28.3. The maximum absolute atomic E-state index is 12.0. The number of benzene rings is 4. The summed E-state index contributed by atoms with van der Waals surface area (Å²) in [5.74, 6) is -1.96. The second kappa shape index (κ2) is 18.3. The van der Waals surface area contributed by atoms with E-state index in [4.69, 9.17) is 14.6 Å². The summed E-state index contributed by atoms with van der Waals surface area (Å²) in [7, 11) is 0. The normalized spacial score (nSPS) is 10.1. The van der Waals surface area contributed by atoms with Crippen LogP contribution in [-0.2, 0) is 19.8 Å². The number of carboxylic acids is 1. The Balaban J connectivity index is 0.000000317. The van der Waals surface area contributed by atoms with E-state index in [0.29, 0.717) is 33.8 Å². The Labute approximate surface area is 287 Å². The van der Waals surface area contributed by atoms with Gasteiger partial charge in [-0.05, 0) is 32.9 Å². The topological polar surface area (TPSA) is 124 Å². The highest BCUT2D eigenvalue weighted by Crippen LogP contribution is 2.41. The van der Waals surface area contributed by atoms with E-state index in [1.165, 1.54) is 6.92 Å². The summed E-state index contributed by atoms with van der Waals surface area (Å²) in [5, 5.41) is 7.89. The van der Waals surface area contributed by atoms with Gasteiger partial charge in [0.1, 0.15) is 11.5 Å². The third-order valence-electron chi connectivity index (χ3n) is 6.87. The predicted octanol–water partition coefficient (Wildman–Crippen LogP) is 8.37. The Morgan fingerprint density at radius 3 is 1.08 bits per heavy atom. The third kappa shape index (κ3) is 11.6. The number of carboxylic acid groups (broad SMARTS) is 1.